The maximum atomic E-state index is 13.1. The molecule has 6 nitrogen and oxygen atoms in total. The number of aliphatic hydroxyl groups excluding tert-OH is 1. The Balaban J connectivity index is 1.96. The molecule has 2 N–H and O–H groups in total. The summed E-state index contributed by atoms with van der Waals surface area (Å²) in [5, 5.41) is 22.5. The predicted octanol–water partition coefficient (Wildman–Crippen LogP) is 3.74. The van der Waals surface area contributed by atoms with Gasteiger partial charge in [-0.3, -0.25) is 0 Å². The van der Waals surface area contributed by atoms with Crippen LogP contribution in [0.25, 0.3) is 0 Å². The highest BCUT2D eigenvalue weighted by molar-refractivity contribution is 5.90. The molecule has 2 aliphatic carbocycles. The lowest BCUT2D eigenvalue weighted by Crippen LogP contribution is -2.50. The molecule has 0 amide bonds. The van der Waals surface area contributed by atoms with E-state index in [0.717, 1.165) is 5.57 Å². The molecule has 3 rings (SSSR count). The first-order chi connectivity index (χ1) is 14.1. The molecule has 6 heteroatoms. The molecule has 5 atom stereocenters. The highest BCUT2D eigenvalue weighted by Gasteiger charge is 2.63. The second-order valence-corrected chi connectivity index (χ2v) is 9.32. The zero-order chi connectivity index (χ0) is 22.3. The first kappa shape index (κ1) is 22.6. The topological polar surface area (TPSA) is 85.2 Å². The van der Waals surface area contributed by atoms with Crippen molar-refractivity contribution in [2.75, 3.05) is 14.2 Å². The van der Waals surface area contributed by atoms with Crippen LogP contribution in [0.1, 0.15) is 57.3 Å². The predicted molar refractivity (Wildman–Crippen MR) is 114 cm³/mol. The number of carbonyl (C=O) groups is 1. The summed E-state index contributed by atoms with van der Waals surface area (Å²) in [6, 6.07) is 4.90. The summed E-state index contributed by atoms with van der Waals surface area (Å²) < 4.78 is 16.6. The van der Waals surface area contributed by atoms with Crippen molar-refractivity contribution in [3.8, 4) is 11.5 Å². The summed E-state index contributed by atoms with van der Waals surface area (Å²) in [5.41, 5.74) is -0.241. The quantitative estimate of drug-likeness (QED) is 0.560. The average Bonchev–Trinajstić information content (AvgIpc) is 2.82. The van der Waals surface area contributed by atoms with Crippen LogP contribution < -0.4 is 9.47 Å². The Morgan fingerprint density at radius 2 is 1.87 bits per heavy atom. The van der Waals surface area contributed by atoms with Gasteiger partial charge in [-0.15, -0.1) is 0 Å². The van der Waals surface area contributed by atoms with Gasteiger partial charge >= 0.3 is 5.97 Å². The SMILES string of the molecule is COc1ccc(C(=O)O[C@@H]2CC(C)=CC[C@]3(C)[C@H](O)C[C@](O)(C(C)C)[C@H]23)cc1OC. The smallest absolute Gasteiger partial charge is 0.338 e. The molecule has 0 radical (unpaired) electrons. The molecule has 0 aromatic heterocycles. The average molecular weight is 419 g/mol. The fraction of sp³-hybridized carbons (Fsp3) is 0.625. The number of esters is 1. The van der Waals surface area contributed by atoms with Gasteiger partial charge in [0.1, 0.15) is 6.10 Å². The van der Waals surface area contributed by atoms with Gasteiger partial charge in [-0.25, -0.2) is 4.79 Å². The molecule has 30 heavy (non-hydrogen) atoms. The van der Waals surface area contributed by atoms with E-state index in [1.54, 1.807) is 18.2 Å². The Bertz CT molecular complexity index is 831. The lowest BCUT2D eigenvalue weighted by molar-refractivity contribution is -0.113. The largest absolute Gasteiger partial charge is 0.493 e. The first-order valence-electron chi connectivity index (χ1n) is 10.6. The molecule has 1 aromatic rings. The zero-order valence-corrected chi connectivity index (χ0v) is 18.8. The Morgan fingerprint density at radius 1 is 1.20 bits per heavy atom. The number of carbonyl (C=O) groups excluding carboxylic acids is 1. The Morgan fingerprint density at radius 3 is 2.47 bits per heavy atom. The van der Waals surface area contributed by atoms with Gasteiger partial charge in [-0.1, -0.05) is 32.4 Å². The van der Waals surface area contributed by atoms with Crippen LogP contribution >= 0.6 is 0 Å². The van der Waals surface area contributed by atoms with Crippen LogP contribution in [0.4, 0.5) is 0 Å². The van der Waals surface area contributed by atoms with Crippen molar-refractivity contribution >= 4 is 5.97 Å². The van der Waals surface area contributed by atoms with E-state index in [1.165, 1.54) is 14.2 Å². The standard InChI is InChI=1S/C24H34O6/c1-14(2)24(27)13-20(25)23(4)10-9-15(3)11-19(21(23)24)30-22(26)16-7-8-17(28-5)18(12-16)29-6/h7-9,12,14,19-21,25,27H,10-11,13H2,1-6H3/t19-,20-,21-,23-,24+/m1/s1. The molecule has 2 aliphatic rings. The molecule has 0 bridgehead atoms. The van der Waals surface area contributed by atoms with Crippen molar-refractivity contribution < 1.29 is 29.2 Å². The highest BCUT2D eigenvalue weighted by Crippen LogP contribution is 2.58. The number of allylic oxidation sites excluding steroid dienone is 1. The van der Waals surface area contributed by atoms with Crippen LogP contribution in [0.3, 0.4) is 0 Å². The van der Waals surface area contributed by atoms with Crippen LogP contribution in [-0.4, -0.2) is 48.2 Å². The molecule has 1 fully saturated rings. The summed E-state index contributed by atoms with van der Waals surface area (Å²) in [4.78, 5) is 13.1. The Kier molecular flexibility index (Phi) is 6.21. The van der Waals surface area contributed by atoms with Gasteiger partial charge in [0.05, 0.1) is 31.5 Å². The van der Waals surface area contributed by atoms with Crippen LogP contribution in [0.5, 0.6) is 11.5 Å². The van der Waals surface area contributed by atoms with Crippen LogP contribution in [0, 0.1) is 17.3 Å². The third-order valence-electron chi connectivity index (χ3n) is 7.19. The molecule has 0 aliphatic heterocycles. The van der Waals surface area contributed by atoms with E-state index in [0.29, 0.717) is 29.9 Å². The lowest BCUT2D eigenvalue weighted by Gasteiger charge is -2.43. The second kappa shape index (κ2) is 8.23. The third-order valence-corrected chi connectivity index (χ3v) is 7.19. The van der Waals surface area contributed by atoms with E-state index in [4.69, 9.17) is 14.2 Å². The minimum Gasteiger partial charge on any atom is -0.493 e. The van der Waals surface area contributed by atoms with E-state index in [1.807, 2.05) is 27.7 Å². The van der Waals surface area contributed by atoms with E-state index in [2.05, 4.69) is 6.08 Å². The maximum absolute atomic E-state index is 13.1. The van der Waals surface area contributed by atoms with Gasteiger partial charge in [0.25, 0.3) is 0 Å². The van der Waals surface area contributed by atoms with Crippen molar-refractivity contribution in [1.82, 2.24) is 0 Å². The number of hydrogen-bond acceptors (Lipinski definition) is 6. The number of benzene rings is 1. The van der Waals surface area contributed by atoms with Gasteiger partial charge in [0.15, 0.2) is 11.5 Å². The van der Waals surface area contributed by atoms with Crippen molar-refractivity contribution in [3.63, 3.8) is 0 Å². The third kappa shape index (κ3) is 3.71. The summed E-state index contributed by atoms with van der Waals surface area (Å²) in [6.07, 6.45) is 2.35. The Labute approximate surface area is 178 Å². The fourth-order valence-corrected chi connectivity index (χ4v) is 5.24. The van der Waals surface area contributed by atoms with Crippen LogP contribution in [0.2, 0.25) is 0 Å². The second-order valence-electron chi connectivity index (χ2n) is 9.32. The number of rotatable bonds is 5. The summed E-state index contributed by atoms with van der Waals surface area (Å²) in [6.45, 7) is 7.91. The number of hydrogen-bond donors (Lipinski definition) is 2. The monoisotopic (exact) mass is 418 g/mol. The Hall–Kier alpha value is -2.05. The van der Waals surface area contributed by atoms with Crippen LogP contribution in [0.15, 0.2) is 29.8 Å². The lowest BCUT2D eigenvalue weighted by atomic mass is 9.67. The maximum Gasteiger partial charge on any atom is 0.338 e. The molecule has 166 valence electrons. The minimum atomic E-state index is -1.12. The van der Waals surface area contributed by atoms with E-state index in [9.17, 15) is 15.0 Å². The molecule has 0 saturated heterocycles. The van der Waals surface area contributed by atoms with Crippen molar-refractivity contribution in [2.24, 2.45) is 17.3 Å². The minimum absolute atomic E-state index is 0.0836. The van der Waals surface area contributed by atoms with E-state index >= 15 is 0 Å². The van der Waals surface area contributed by atoms with Gasteiger partial charge in [0.2, 0.25) is 0 Å². The van der Waals surface area contributed by atoms with Gasteiger partial charge < -0.3 is 24.4 Å². The van der Waals surface area contributed by atoms with Crippen LogP contribution in [-0.2, 0) is 4.74 Å². The van der Waals surface area contributed by atoms with E-state index in [-0.39, 0.29) is 18.3 Å². The number of fused-ring (bicyclic) bond motifs is 1. The molecular weight excluding hydrogens is 384 g/mol. The highest BCUT2D eigenvalue weighted by atomic mass is 16.5. The first-order valence-corrected chi connectivity index (χ1v) is 10.6. The molecular formula is C24H34O6. The number of ether oxygens (including phenoxy) is 3. The number of methoxy groups -OCH3 is 2. The summed E-state index contributed by atoms with van der Waals surface area (Å²) in [7, 11) is 3.05. The van der Waals surface area contributed by atoms with Crippen molar-refractivity contribution in [2.45, 2.75) is 64.8 Å². The van der Waals surface area contributed by atoms with Crippen molar-refractivity contribution in [3.05, 3.63) is 35.4 Å². The van der Waals surface area contributed by atoms with Gasteiger partial charge in [-0.05, 0) is 37.5 Å². The van der Waals surface area contributed by atoms with Crippen molar-refractivity contribution in [1.29, 1.82) is 0 Å². The molecule has 1 aromatic carbocycles. The van der Waals surface area contributed by atoms with Gasteiger partial charge in [-0.2, -0.15) is 0 Å². The summed E-state index contributed by atoms with van der Waals surface area (Å²) >= 11 is 0. The molecule has 0 heterocycles. The fourth-order valence-electron chi connectivity index (χ4n) is 5.24. The van der Waals surface area contributed by atoms with Gasteiger partial charge in [0, 0.05) is 24.2 Å². The normalized spacial score (nSPS) is 33.5. The molecule has 0 spiro atoms. The molecule has 1 saturated carbocycles. The van der Waals surface area contributed by atoms with E-state index < -0.39 is 29.2 Å². The molecule has 0 unspecified atom stereocenters. The summed E-state index contributed by atoms with van der Waals surface area (Å²) in [5.74, 6) is 0.0367. The zero-order valence-electron chi connectivity index (χ0n) is 18.8. The number of aliphatic hydroxyl groups is 2.